The smallest absolute Gasteiger partial charge is 0.303 e. The second-order valence-electron chi connectivity index (χ2n) is 5.09. The Kier molecular flexibility index (Phi) is 4.55. The lowest BCUT2D eigenvalue weighted by molar-refractivity contribution is -0.138. The molecular formula is C15H19NO3. The summed E-state index contributed by atoms with van der Waals surface area (Å²) in [6, 6.07) is 9.03. The first-order chi connectivity index (χ1) is 9.16. The Morgan fingerprint density at radius 1 is 1.16 bits per heavy atom. The molecule has 0 spiro atoms. The summed E-state index contributed by atoms with van der Waals surface area (Å²) < 4.78 is 0. The van der Waals surface area contributed by atoms with Crippen molar-refractivity contribution in [1.29, 1.82) is 0 Å². The predicted octanol–water partition coefficient (Wildman–Crippen LogP) is 2.45. The van der Waals surface area contributed by atoms with E-state index in [4.69, 9.17) is 5.11 Å². The zero-order valence-electron chi connectivity index (χ0n) is 10.8. The van der Waals surface area contributed by atoms with Crippen molar-refractivity contribution < 1.29 is 14.7 Å². The molecule has 2 unspecified atom stereocenters. The van der Waals surface area contributed by atoms with E-state index < -0.39 is 5.97 Å². The summed E-state index contributed by atoms with van der Waals surface area (Å²) in [6.07, 6.45) is 3.99. The molecule has 102 valence electrons. The van der Waals surface area contributed by atoms with Gasteiger partial charge in [-0.3, -0.25) is 9.59 Å². The Bertz CT molecular complexity index is 444. The highest BCUT2D eigenvalue weighted by molar-refractivity contribution is 5.94. The highest BCUT2D eigenvalue weighted by atomic mass is 16.4. The number of carboxylic acids is 1. The lowest BCUT2D eigenvalue weighted by atomic mass is 9.82. The highest BCUT2D eigenvalue weighted by Crippen LogP contribution is 2.27. The summed E-state index contributed by atoms with van der Waals surface area (Å²) in [5.74, 6) is -0.840. The summed E-state index contributed by atoms with van der Waals surface area (Å²) in [5, 5.41) is 11.9. The van der Waals surface area contributed by atoms with Crippen molar-refractivity contribution in [2.75, 3.05) is 0 Å². The van der Waals surface area contributed by atoms with Gasteiger partial charge >= 0.3 is 5.97 Å². The van der Waals surface area contributed by atoms with E-state index in [1.807, 2.05) is 18.2 Å². The zero-order chi connectivity index (χ0) is 13.7. The first-order valence-electron chi connectivity index (χ1n) is 6.74. The molecule has 0 aliphatic heterocycles. The molecule has 19 heavy (non-hydrogen) atoms. The molecule has 2 rings (SSSR count). The Balaban J connectivity index is 1.99. The molecule has 1 aliphatic rings. The van der Waals surface area contributed by atoms with Crippen LogP contribution in [0.1, 0.15) is 42.5 Å². The first kappa shape index (κ1) is 13.6. The van der Waals surface area contributed by atoms with Crippen LogP contribution in [0.2, 0.25) is 0 Å². The molecule has 2 atom stereocenters. The maximum absolute atomic E-state index is 12.1. The van der Waals surface area contributed by atoms with Gasteiger partial charge in [0.05, 0.1) is 6.42 Å². The van der Waals surface area contributed by atoms with Gasteiger partial charge in [-0.05, 0) is 30.9 Å². The number of carbonyl (C=O) groups is 2. The van der Waals surface area contributed by atoms with Gasteiger partial charge < -0.3 is 10.4 Å². The third kappa shape index (κ3) is 3.81. The van der Waals surface area contributed by atoms with Crippen LogP contribution in [0.15, 0.2) is 30.3 Å². The van der Waals surface area contributed by atoms with Crippen LogP contribution in [0.3, 0.4) is 0 Å². The fourth-order valence-corrected chi connectivity index (χ4v) is 2.71. The van der Waals surface area contributed by atoms with Gasteiger partial charge in [0.15, 0.2) is 0 Å². The van der Waals surface area contributed by atoms with Crippen LogP contribution in [-0.2, 0) is 4.79 Å². The molecule has 4 nitrogen and oxygen atoms in total. The Labute approximate surface area is 112 Å². The number of nitrogens with one attached hydrogen (secondary N) is 1. The van der Waals surface area contributed by atoms with Crippen LogP contribution in [0, 0.1) is 5.92 Å². The van der Waals surface area contributed by atoms with Gasteiger partial charge in [-0.1, -0.05) is 31.0 Å². The van der Waals surface area contributed by atoms with Gasteiger partial charge in [-0.2, -0.15) is 0 Å². The molecule has 1 fully saturated rings. The lowest BCUT2D eigenvalue weighted by Crippen LogP contribution is -2.42. The van der Waals surface area contributed by atoms with Crippen LogP contribution in [0.25, 0.3) is 0 Å². The SMILES string of the molecule is O=C(O)CC1CCCCC1NC(=O)c1ccccc1. The molecule has 1 aliphatic carbocycles. The molecule has 0 saturated heterocycles. The largest absolute Gasteiger partial charge is 0.481 e. The first-order valence-corrected chi connectivity index (χ1v) is 6.74. The van der Waals surface area contributed by atoms with E-state index in [1.54, 1.807) is 12.1 Å². The summed E-state index contributed by atoms with van der Waals surface area (Å²) in [5.41, 5.74) is 0.627. The fourth-order valence-electron chi connectivity index (χ4n) is 2.71. The van der Waals surface area contributed by atoms with Gasteiger partial charge in [0.1, 0.15) is 0 Å². The van der Waals surface area contributed by atoms with Crippen molar-refractivity contribution >= 4 is 11.9 Å². The second kappa shape index (κ2) is 6.36. The maximum atomic E-state index is 12.1. The average Bonchev–Trinajstić information content (AvgIpc) is 2.41. The molecule has 0 bridgehead atoms. The molecule has 2 N–H and O–H groups in total. The molecular weight excluding hydrogens is 242 g/mol. The lowest BCUT2D eigenvalue weighted by Gasteiger charge is -2.31. The minimum Gasteiger partial charge on any atom is -0.481 e. The zero-order valence-corrected chi connectivity index (χ0v) is 10.8. The molecule has 1 aromatic carbocycles. The third-order valence-corrected chi connectivity index (χ3v) is 3.70. The van der Waals surface area contributed by atoms with Crippen molar-refractivity contribution in [1.82, 2.24) is 5.32 Å². The Morgan fingerprint density at radius 2 is 1.84 bits per heavy atom. The number of hydrogen-bond acceptors (Lipinski definition) is 2. The second-order valence-corrected chi connectivity index (χ2v) is 5.09. The number of carboxylic acid groups (broad SMARTS) is 1. The van der Waals surface area contributed by atoms with E-state index in [1.165, 1.54) is 0 Å². The van der Waals surface area contributed by atoms with E-state index in [0.717, 1.165) is 25.7 Å². The summed E-state index contributed by atoms with van der Waals surface area (Å²) in [7, 11) is 0. The molecule has 4 heteroatoms. The quantitative estimate of drug-likeness (QED) is 0.874. The number of amides is 1. The normalized spacial score (nSPS) is 22.7. The number of benzene rings is 1. The van der Waals surface area contributed by atoms with Gasteiger partial charge in [0.25, 0.3) is 5.91 Å². The predicted molar refractivity (Wildman–Crippen MR) is 71.9 cm³/mol. The number of hydrogen-bond donors (Lipinski definition) is 2. The topological polar surface area (TPSA) is 66.4 Å². The van der Waals surface area contributed by atoms with Gasteiger partial charge in [0.2, 0.25) is 0 Å². The molecule has 1 aromatic rings. The summed E-state index contributed by atoms with van der Waals surface area (Å²) in [6.45, 7) is 0. The molecule has 1 saturated carbocycles. The van der Waals surface area contributed by atoms with Gasteiger partial charge in [-0.25, -0.2) is 0 Å². The average molecular weight is 261 g/mol. The van der Waals surface area contributed by atoms with Gasteiger partial charge in [-0.15, -0.1) is 0 Å². The molecule has 0 radical (unpaired) electrons. The van der Waals surface area contributed by atoms with Crippen LogP contribution >= 0.6 is 0 Å². The maximum Gasteiger partial charge on any atom is 0.303 e. The number of aliphatic carboxylic acids is 1. The van der Waals surface area contributed by atoms with Crippen molar-refractivity contribution in [2.24, 2.45) is 5.92 Å². The Hall–Kier alpha value is -1.84. The van der Waals surface area contributed by atoms with Crippen LogP contribution in [0.4, 0.5) is 0 Å². The fraction of sp³-hybridized carbons (Fsp3) is 0.467. The number of carbonyl (C=O) groups excluding carboxylic acids is 1. The van der Waals surface area contributed by atoms with Crippen molar-refractivity contribution in [3.8, 4) is 0 Å². The summed E-state index contributed by atoms with van der Waals surface area (Å²) in [4.78, 5) is 22.9. The molecule has 0 heterocycles. The highest BCUT2D eigenvalue weighted by Gasteiger charge is 2.28. The van der Waals surface area contributed by atoms with E-state index >= 15 is 0 Å². The van der Waals surface area contributed by atoms with Gasteiger partial charge in [0, 0.05) is 11.6 Å². The minimum atomic E-state index is -0.786. The van der Waals surface area contributed by atoms with E-state index in [2.05, 4.69) is 5.32 Å². The van der Waals surface area contributed by atoms with Crippen LogP contribution in [-0.4, -0.2) is 23.0 Å². The van der Waals surface area contributed by atoms with E-state index in [-0.39, 0.29) is 24.3 Å². The van der Waals surface area contributed by atoms with Crippen molar-refractivity contribution in [3.63, 3.8) is 0 Å². The summed E-state index contributed by atoms with van der Waals surface area (Å²) >= 11 is 0. The van der Waals surface area contributed by atoms with Crippen molar-refractivity contribution in [3.05, 3.63) is 35.9 Å². The monoisotopic (exact) mass is 261 g/mol. The minimum absolute atomic E-state index is 0.0162. The van der Waals surface area contributed by atoms with E-state index in [0.29, 0.717) is 5.56 Å². The standard InChI is InChI=1S/C15H19NO3/c17-14(18)10-12-8-4-5-9-13(12)16-15(19)11-6-2-1-3-7-11/h1-3,6-7,12-13H,4-5,8-10H2,(H,16,19)(H,17,18). The van der Waals surface area contributed by atoms with Crippen molar-refractivity contribution in [2.45, 2.75) is 38.1 Å². The molecule has 0 aromatic heterocycles. The van der Waals surface area contributed by atoms with E-state index in [9.17, 15) is 9.59 Å². The number of rotatable bonds is 4. The molecule has 1 amide bonds. The third-order valence-electron chi connectivity index (χ3n) is 3.70. The van der Waals surface area contributed by atoms with Crippen LogP contribution in [0.5, 0.6) is 0 Å². The van der Waals surface area contributed by atoms with Crippen LogP contribution < -0.4 is 5.32 Å². The Morgan fingerprint density at radius 3 is 2.53 bits per heavy atom.